The predicted molar refractivity (Wildman–Crippen MR) is 78.3 cm³/mol. The average Bonchev–Trinajstić information content (AvgIpc) is 3.40. The monoisotopic (exact) mass is 265 g/mol. The van der Waals surface area contributed by atoms with Crippen molar-refractivity contribution in [3.8, 4) is 0 Å². The van der Waals surface area contributed by atoms with Gasteiger partial charge in [-0.05, 0) is 31.2 Å². The van der Waals surface area contributed by atoms with Gasteiger partial charge < -0.3 is 5.32 Å². The Balaban J connectivity index is 1.53. The van der Waals surface area contributed by atoms with Crippen molar-refractivity contribution in [3.63, 3.8) is 0 Å². The van der Waals surface area contributed by atoms with E-state index < -0.39 is 0 Å². The molecule has 4 rings (SSSR count). The summed E-state index contributed by atoms with van der Waals surface area (Å²) in [5.74, 6) is 0.985. The largest absolute Gasteiger partial charge is 0.310 e. The van der Waals surface area contributed by atoms with Crippen molar-refractivity contribution in [2.24, 2.45) is 0 Å². The van der Waals surface area contributed by atoms with Crippen LogP contribution < -0.4 is 5.32 Å². The van der Waals surface area contributed by atoms with Crippen molar-refractivity contribution in [3.05, 3.63) is 59.7 Å². The molecule has 0 radical (unpaired) electrons. The Morgan fingerprint density at radius 2 is 1.75 bits per heavy atom. The first kappa shape index (κ1) is 12.0. The standard InChI is InChI=1S/C17H19N3/c1-2-4-14(5-3-1)17(8-9-17)16-19-11-13(12-20-16)10-18-15-6-7-15/h1-5,11-12,15,18H,6-10H2. The summed E-state index contributed by atoms with van der Waals surface area (Å²) in [4.78, 5) is 9.27. The quantitative estimate of drug-likeness (QED) is 0.903. The summed E-state index contributed by atoms with van der Waals surface area (Å²) in [6, 6.07) is 11.4. The van der Waals surface area contributed by atoms with Crippen LogP contribution in [0.4, 0.5) is 0 Å². The summed E-state index contributed by atoms with van der Waals surface area (Å²) in [6.07, 6.45) is 8.93. The lowest BCUT2D eigenvalue weighted by molar-refractivity contribution is 0.675. The van der Waals surface area contributed by atoms with Gasteiger partial charge in [-0.25, -0.2) is 9.97 Å². The van der Waals surface area contributed by atoms with Crippen LogP contribution in [-0.2, 0) is 12.0 Å². The second kappa shape index (κ2) is 4.67. The van der Waals surface area contributed by atoms with Crippen molar-refractivity contribution >= 4 is 0 Å². The molecule has 0 unspecified atom stereocenters. The van der Waals surface area contributed by atoms with E-state index in [0.717, 1.165) is 31.3 Å². The minimum absolute atomic E-state index is 0.0870. The highest BCUT2D eigenvalue weighted by atomic mass is 15.0. The third-order valence-corrected chi connectivity index (χ3v) is 4.38. The molecule has 3 heteroatoms. The van der Waals surface area contributed by atoms with E-state index in [4.69, 9.17) is 0 Å². The lowest BCUT2D eigenvalue weighted by atomic mass is 9.95. The molecule has 0 spiro atoms. The average molecular weight is 265 g/mol. The van der Waals surface area contributed by atoms with Crippen LogP contribution in [0.5, 0.6) is 0 Å². The van der Waals surface area contributed by atoms with E-state index in [1.807, 2.05) is 12.4 Å². The Hall–Kier alpha value is -1.74. The van der Waals surface area contributed by atoms with E-state index >= 15 is 0 Å². The molecule has 1 aromatic carbocycles. The third kappa shape index (κ3) is 2.22. The van der Waals surface area contributed by atoms with Crippen molar-refractivity contribution < 1.29 is 0 Å². The van der Waals surface area contributed by atoms with E-state index in [1.54, 1.807) is 0 Å². The van der Waals surface area contributed by atoms with E-state index in [2.05, 4.69) is 45.6 Å². The molecule has 0 aliphatic heterocycles. The summed E-state index contributed by atoms with van der Waals surface area (Å²) < 4.78 is 0. The molecule has 3 nitrogen and oxygen atoms in total. The first-order chi connectivity index (χ1) is 9.87. The van der Waals surface area contributed by atoms with Gasteiger partial charge in [0.05, 0.1) is 5.41 Å². The van der Waals surface area contributed by atoms with Crippen LogP contribution in [0.2, 0.25) is 0 Å². The highest BCUT2D eigenvalue weighted by Gasteiger charge is 2.48. The number of hydrogen-bond donors (Lipinski definition) is 1. The van der Waals surface area contributed by atoms with Gasteiger partial charge in [0.1, 0.15) is 5.82 Å². The maximum Gasteiger partial charge on any atom is 0.138 e. The van der Waals surface area contributed by atoms with Crippen molar-refractivity contribution in [1.29, 1.82) is 0 Å². The van der Waals surface area contributed by atoms with Crippen LogP contribution in [0.15, 0.2) is 42.7 Å². The van der Waals surface area contributed by atoms with Gasteiger partial charge in [0, 0.05) is 30.5 Å². The lowest BCUT2D eigenvalue weighted by Crippen LogP contribution is -2.17. The number of benzene rings is 1. The Morgan fingerprint density at radius 1 is 1.05 bits per heavy atom. The van der Waals surface area contributed by atoms with E-state index in [-0.39, 0.29) is 5.41 Å². The molecule has 0 atom stereocenters. The Labute approximate surface area is 119 Å². The topological polar surface area (TPSA) is 37.8 Å². The summed E-state index contributed by atoms with van der Waals surface area (Å²) >= 11 is 0. The molecule has 1 N–H and O–H groups in total. The molecule has 0 saturated heterocycles. The van der Waals surface area contributed by atoms with Crippen LogP contribution in [0.25, 0.3) is 0 Å². The zero-order valence-electron chi connectivity index (χ0n) is 11.5. The normalized spacial score (nSPS) is 19.8. The maximum atomic E-state index is 4.64. The number of aromatic nitrogens is 2. The van der Waals surface area contributed by atoms with E-state index in [1.165, 1.54) is 24.0 Å². The molecule has 0 bridgehead atoms. The molecule has 20 heavy (non-hydrogen) atoms. The number of nitrogens with one attached hydrogen (secondary N) is 1. The van der Waals surface area contributed by atoms with Crippen LogP contribution in [-0.4, -0.2) is 16.0 Å². The third-order valence-electron chi connectivity index (χ3n) is 4.38. The molecule has 2 saturated carbocycles. The fourth-order valence-electron chi connectivity index (χ4n) is 2.77. The minimum Gasteiger partial charge on any atom is -0.310 e. The fourth-order valence-corrected chi connectivity index (χ4v) is 2.77. The molecule has 1 aromatic heterocycles. The van der Waals surface area contributed by atoms with Gasteiger partial charge in [-0.2, -0.15) is 0 Å². The highest BCUT2D eigenvalue weighted by molar-refractivity contribution is 5.39. The molecule has 102 valence electrons. The molecule has 0 amide bonds. The van der Waals surface area contributed by atoms with Crippen LogP contribution >= 0.6 is 0 Å². The zero-order valence-corrected chi connectivity index (χ0v) is 11.5. The minimum atomic E-state index is 0.0870. The first-order valence-corrected chi connectivity index (χ1v) is 7.47. The van der Waals surface area contributed by atoms with Crippen LogP contribution in [0.3, 0.4) is 0 Å². The molecule has 2 aromatic rings. The van der Waals surface area contributed by atoms with Crippen molar-refractivity contribution in [2.45, 2.75) is 43.7 Å². The van der Waals surface area contributed by atoms with Crippen molar-refractivity contribution in [2.75, 3.05) is 0 Å². The zero-order chi connectivity index (χ0) is 13.4. The van der Waals surface area contributed by atoms with Gasteiger partial charge in [0.15, 0.2) is 0 Å². The SMILES string of the molecule is c1ccc(C2(c3ncc(CNC4CC4)cn3)CC2)cc1. The van der Waals surface area contributed by atoms with Gasteiger partial charge in [-0.15, -0.1) is 0 Å². The molecule has 2 aliphatic carbocycles. The summed E-state index contributed by atoms with van der Waals surface area (Å²) in [5, 5.41) is 3.50. The van der Waals surface area contributed by atoms with Gasteiger partial charge in [-0.3, -0.25) is 0 Å². The first-order valence-electron chi connectivity index (χ1n) is 7.47. The Morgan fingerprint density at radius 3 is 2.35 bits per heavy atom. The second-order valence-electron chi connectivity index (χ2n) is 6.02. The van der Waals surface area contributed by atoms with E-state index in [0.29, 0.717) is 0 Å². The molecular weight excluding hydrogens is 246 g/mol. The Bertz CT molecular complexity index is 583. The summed E-state index contributed by atoms with van der Waals surface area (Å²) in [6.45, 7) is 0.892. The van der Waals surface area contributed by atoms with E-state index in [9.17, 15) is 0 Å². The van der Waals surface area contributed by atoms with Gasteiger partial charge in [0.2, 0.25) is 0 Å². The summed E-state index contributed by atoms with van der Waals surface area (Å²) in [7, 11) is 0. The maximum absolute atomic E-state index is 4.64. The molecule has 1 heterocycles. The summed E-state index contributed by atoms with van der Waals surface area (Å²) in [5.41, 5.74) is 2.62. The fraction of sp³-hybridized carbons (Fsp3) is 0.412. The number of rotatable bonds is 5. The number of hydrogen-bond acceptors (Lipinski definition) is 3. The van der Waals surface area contributed by atoms with Crippen LogP contribution in [0, 0.1) is 0 Å². The molecule has 2 aliphatic rings. The predicted octanol–water partition coefficient (Wildman–Crippen LogP) is 2.81. The molecular formula is C17H19N3. The highest BCUT2D eigenvalue weighted by Crippen LogP contribution is 2.51. The van der Waals surface area contributed by atoms with Crippen molar-refractivity contribution in [1.82, 2.24) is 15.3 Å². The Kier molecular flexibility index (Phi) is 2.81. The number of nitrogens with zero attached hydrogens (tertiary/aromatic N) is 2. The smallest absolute Gasteiger partial charge is 0.138 e. The van der Waals surface area contributed by atoms with Crippen LogP contribution in [0.1, 0.15) is 42.6 Å². The molecule has 2 fully saturated rings. The lowest BCUT2D eigenvalue weighted by Gasteiger charge is -2.14. The second-order valence-corrected chi connectivity index (χ2v) is 6.02. The van der Waals surface area contributed by atoms with Gasteiger partial charge in [-0.1, -0.05) is 30.3 Å². The van der Waals surface area contributed by atoms with Gasteiger partial charge >= 0.3 is 0 Å². The van der Waals surface area contributed by atoms with Gasteiger partial charge in [0.25, 0.3) is 0 Å².